The van der Waals surface area contributed by atoms with Crippen LogP contribution in [-0.4, -0.2) is 25.7 Å². The summed E-state index contributed by atoms with van der Waals surface area (Å²) in [7, 11) is -3.45. The molecular formula is C8H6Cl2O4S. The van der Waals surface area contributed by atoms with Gasteiger partial charge in [0, 0.05) is 6.26 Å². The number of hydrogen-bond donors (Lipinski definition) is 1. The standard InChI is InChI=1S/C8H6Cl2O4S/c1-15(13,14)4-2-5(9)7(8(11)12)6(10)3-4/h2-3H,1H3,(H,11,12). The molecule has 82 valence electrons. The van der Waals surface area contributed by atoms with Crippen molar-refractivity contribution in [2.75, 3.05) is 6.26 Å². The van der Waals surface area contributed by atoms with Gasteiger partial charge in [0.25, 0.3) is 0 Å². The van der Waals surface area contributed by atoms with Crippen LogP contribution in [0.15, 0.2) is 17.0 Å². The number of hydrogen-bond acceptors (Lipinski definition) is 3. The number of sulfone groups is 1. The lowest BCUT2D eigenvalue weighted by Crippen LogP contribution is -2.03. The zero-order valence-corrected chi connectivity index (χ0v) is 9.82. The monoisotopic (exact) mass is 268 g/mol. The minimum atomic E-state index is -3.45. The van der Waals surface area contributed by atoms with Gasteiger partial charge in [0.2, 0.25) is 0 Å². The molecule has 0 radical (unpaired) electrons. The van der Waals surface area contributed by atoms with Gasteiger partial charge >= 0.3 is 5.97 Å². The first-order valence-electron chi connectivity index (χ1n) is 3.66. The minimum absolute atomic E-state index is 0.109. The van der Waals surface area contributed by atoms with Crippen LogP contribution >= 0.6 is 23.2 Å². The van der Waals surface area contributed by atoms with Crippen LogP contribution in [0.3, 0.4) is 0 Å². The first-order valence-corrected chi connectivity index (χ1v) is 6.30. The lowest BCUT2D eigenvalue weighted by molar-refractivity contribution is 0.0697. The molecule has 1 aromatic rings. The lowest BCUT2D eigenvalue weighted by Gasteiger charge is -2.04. The van der Waals surface area contributed by atoms with E-state index in [0.717, 1.165) is 18.4 Å². The quantitative estimate of drug-likeness (QED) is 0.892. The molecule has 0 aliphatic carbocycles. The van der Waals surface area contributed by atoms with Crippen molar-refractivity contribution < 1.29 is 18.3 Å². The molecule has 0 saturated heterocycles. The number of aromatic carboxylic acids is 1. The van der Waals surface area contributed by atoms with Crippen LogP contribution in [0, 0.1) is 0 Å². The molecular weight excluding hydrogens is 263 g/mol. The summed E-state index contributed by atoms with van der Waals surface area (Å²) in [5.74, 6) is -1.30. The van der Waals surface area contributed by atoms with E-state index in [1.165, 1.54) is 0 Å². The molecule has 0 bridgehead atoms. The number of carboxylic acid groups (broad SMARTS) is 1. The highest BCUT2D eigenvalue weighted by atomic mass is 35.5. The van der Waals surface area contributed by atoms with E-state index in [-0.39, 0.29) is 20.5 Å². The van der Waals surface area contributed by atoms with Crippen LogP contribution < -0.4 is 0 Å². The fraction of sp³-hybridized carbons (Fsp3) is 0.125. The smallest absolute Gasteiger partial charge is 0.338 e. The Morgan fingerprint density at radius 3 is 1.93 bits per heavy atom. The van der Waals surface area contributed by atoms with Crippen molar-refractivity contribution in [3.8, 4) is 0 Å². The molecule has 15 heavy (non-hydrogen) atoms. The van der Waals surface area contributed by atoms with E-state index >= 15 is 0 Å². The fourth-order valence-electron chi connectivity index (χ4n) is 0.968. The molecule has 0 saturated carbocycles. The second-order valence-electron chi connectivity index (χ2n) is 2.84. The number of carboxylic acids is 1. The molecule has 0 aromatic heterocycles. The van der Waals surface area contributed by atoms with Gasteiger partial charge in [0.1, 0.15) is 0 Å². The maximum absolute atomic E-state index is 11.2. The minimum Gasteiger partial charge on any atom is -0.478 e. The fourth-order valence-corrected chi connectivity index (χ4v) is 2.41. The molecule has 0 fully saturated rings. The van der Waals surface area contributed by atoms with Gasteiger partial charge in [-0.05, 0) is 12.1 Å². The van der Waals surface area contributed by atoms with Crippen molar-refractivity contribution in [1.82, 2.24) is 0 Å². The Labute approximate surface area is 96.3 Å². The third kappa shape index (κ3) is 2.62. The Morgan fingerprint density at radius 2 is 1.67 bits per heavy atom. The molecule has 0 heterocycles. The first-order chi connectivity index (χ1) is 6.73. The summed E-state index contributed by atoms with van der Waals surface area (Å²) in [6.07, 6.45) is 0.982. The van der Waals surface area contributed by atoms with Gasteiger partial charge in [-0.25, -0.2) is 13.2 Å². The lowest BCUT2D eigenvalue weighted by atomic mass is 10.2. The number of benzene rings is 1. The van der Waals surface area contributed by atoms with Gasteiger partial charge in [0.05, 0.1) is 20.5 Å². The summed E-state index contributed by atoms with van der Waals surface area (Å²) in [6, 6.07) is 2.12. The zero-order valence-electron chi connectivity index (χ0n) is 7.49. The van der Waals surface area contributed by atoms with Crippen LogP contribution in [0.5, 0.6) is 0 Å². The highest BCUT2D eigenvalue weighted by molar-refractivity contribution is 7.90. The molecule has 1 aromatic carbocycles. The Hall–Kier alpha value is -0.780. The molecule has 0 spiro atoms. The van der Waals surface area contributed by atoms with Gasteiger partial charge < -0.3 is 5.11 Å². The Kier molecular flexibility index (Phi) is 3.28. The van der Waals surface area contributed by atoms with E-state index in [2.05, 4.69) is 0 Å². The van der Waals surface area contributed by atoms with Crippen molar-refractivity contribution in [2.24, 2.45) is 0 Å². The van der Waals surface area contributed by atoms with Gasteiger partial charge in [-0.15, -0.1) is 0 Å². The Morgan fingerprint density at radius 1 is 1.27 bits per heavy atom. The third-order valence-corrected chi connectivity index (χ3v) is 3.35. The summed E-state index contributed by atoms with van der Waals surface area (Å²) >= 11 is 11.2. The van der Waals surface area contributed by atoms with Crippen molar-refractivity contribution >= 4 is 39.0 Å². The van der Waals surface area contributed by atoms with E-state index < -0.39 is 15.8 Å². The van der Waals surface area contributed by atoms with E-state index in [1.807, 2.05) is 0 Å². The van der Waals surface area contributed by atoms with Crippen LogP contribution in [0.25, 0.3) is 0 Å². The normalized spacial score (nSPS) is 11.4. The zero-order chi connectivity index (χ0) is 11.8. The van der Waals surface area contributed by atoms with E-state index in [9.17, 15) is 13.2 Å². The molecule has 1 N–H and O–H groups in total. The van der Waals surface area contributed by atoms with Crippen LogP contribution in [-0.2, 0) is 9.84 Å². The highest BCUT2D eigenvalue weighted by Crippen LogP contribution is 2.28. The molecule has 0 aliphatic rings. The summed E-state index contributed by atoms with van der Waals surface area (Å²) in [5.41, 5.74) is -0.300. The average molecular weight is 269 g/mol. The first kappa shape index (κ1) is 12.3. The SMILES string of the molecule is CS(=O)(=O)c1cc(Cl)c(C(=O)O)c(Cl)c1. The van der Waals surface area contributed by atoms with E-state index in [0.29, 0.717) is 0 Å². The van der Waals surface area contributed by atoms with E-state index in [1.54, 1.807) is 0 Å². The largest absolute Gasteiger partial charge is 0.478 e. The molecule has 0 aliphatic heterocycles. The molecule has 1 rings (SSSR count). The molecule has 0 unspecified atom stereocenters. The predicted molar refractivity (Wildman–Crippen MR) is 56.5 cm³/mol. The average Bonchev–Trinajstić information content (AvgIpc) is 1.99. The van der Waals surface area contributed by atoms with Gasteiger partial charge in [-0.3, -0.25) is 0 Å². The highest BCUT2D eigenvalue weighted by Gasteiger charge is 2.18. The van der Waals surface area contributed by atoms with Crippen LogP contribution in [0.1, 0.15) is 10.4 Å². The second kappa shape index (κ2) is 4.00. The van der Waals surface area contributed by atoms with Crippen molar-refractivity contribution in [1.29, 1.82) is 0 Å². The van der Waals surface area contributed by atoms with E-state index in [4.69, 9.17) is 28.3 Å². The topological polar surface area (TPSA) is 71.4 Å². The molecule has 0 amide bonds. The van der Waals surface area contributed by atoms with Crippen LogP contribution in [0.4, 0.5) is 0 Å². The molecule has 4 nitrogen and oxygen atoms in total. The number of halogens is 2. The second-order valence-corrected chi connectivity index (χ2v) is 5.67. The Balaban J connectivity index is 3.52. The summed E-state index contributed by atoms with van der Waals surface area (Å²) in [4.78, 5) is 10.6. The third-order valence-electron chi connectivity index (χ3n) is 1.66. The number of carbonyl (C=O) groups is 1. The number of rotatable bonds is 2. The predicted octanol–water partition coefficient (Wildman–Crippen LogP) is 2.10. The Bertz CT molecular complexity index is 498. The maximum Gasteiger partial charge on any atom is 0.338 e. The van der Waals surface area contributed by atoms with Gasteiger partial charge in [0.15, 0.2) is 9.84 Å². The van der Waals surface area contributed by atoms with Crippen molar-refractivity contribution in [2.45, 2.75) is 4.90 Å². The summed E-state index contributed by atoms with van der Waals surface area (Å²) < 4.78 is 22.3. The maximum atomic E-state index is 11.2. The van der Waals surface area contributed by atoms with Crippen molar-refractivity contribution in [3.63, 3.8) is 0 Å². The summed E-state index contributed by atoms with van der Waals surface area (Å²) in [6.45, 7) is 0. The van der Waals surface area contributed by atoms with Crippen molar-refractivity contribution in [3.05, 3.63) is 27.7 Å². The molecule has 0 atom stereocenters. The van der Waals surface area contributed by atoms with Crippen LogP contribution in [0.2, 0.25) is 10.0 Å². The van der Waals surface area contributed by atoms with Gasteiger partial charge in [-0.1, -0.05) is 23.2 Å². The van der Waals surface area contributed by atoms with Gasteiger partial charge in [-0.2, -0.15) is 0 Å². The molecule has 7 heteroatoms. The summed E-state index contributed by atoms with van der Waals surface area (Å²) in [5, 5.41) is 8.32.